The third-order valence-electron chi connectivity index (χ3n) is 7.89. The summed E-state index contributed by atoms with van der Waals surface area (Å²) in [6.45, 7) is 0. The van der Waals surface area contributed by atoms with Gasteiger partial charge in [-0.2, -0.15) is 0 Å². The van der Waals surface area contributed by atoms with Crippen LogP contribution in [0.4, 0.5) is 0 Å². The fraction of sp³-hybridized carbons (Fsp3) is 0.0667. The number of fused-ring (bicyclic) bond motifs is 2. The maximum Gasteiger partial charge on any atom is 3.00 e. The van der Waals surface area contributed by atoms with E-state index in [0.29, 0.717) is 11.8 Å². The van der Waals surface area contributed by atoms with Crippen LogP contribution in [-0.2, 0) is 19.5 Å². The van der Waals surface area contributed by atoms with Crippen molar-refractivity contribution in [2.75, 3.05) is 0 Å². The zero-order chi connectivity index (χ0) is 31.2. The number of hydrogen-bond acceptors (Lipinski definition) is 0. The van der Waals surface area contributed by atoms with E-state index in [4.69, 9.17) is 0 Å². The normalized spacial score (nSPS) is 15.0. The van der Waals surface area contributed by atoms with Crippen LogP contribution in [0.25, 0.3) is 5.57 Å². The minimum Gasteiger partial charge on any atom is -0.527 e. The molecular weight excluding hydrogens is 674 g/mol. The zero-order valence-electron chi connectivity index (χ0n) is 26.2. The van der Waals surface area contributed by atoms with Gasteiger partial charge in [0.15, 0.2) is 0 Å². The summed E-state index contributed by atoms with van der Waals surface area (Å²) in [6.07, 6.45) is 15.4. The Hall–Kier alpha value is -4.41. The molecule has 0 saturated heterocycles. The largest absolute Gasteiger partial charge is 3.00 e. The maximum absolute atomic E-state index is 3.53. The average molecular weight is 712 g/mol. The standard InChI is InChI=1S/C20H15.C18H15P.C7H6.Rh/c1-4-10-17(11-5-1)16-20(18-12-6-2-7-13-18)19-14-8-3-9-15-19;1-4-10-16(11-5-1)19(17-12-6-2-7-13-17)18-14-8-3-9-15-18;1-2-7-4-3-6(1)5-7;/h1-15H;1-15H;1,3,6-7H,5H2;/q-1;;-2;+3/p+1. The van der Waals surface area contributed by atoms with Crippen molar-refractivity contribution in [3.05, 3.63) is 229 Å². The van der Waals surface area contributed by atoms with Crippen LogP contribution in [0.15, 0.2) is 194 Å². The second-order valence-corrected chi connectivity index (χ2v) is 13.7. The Balaban J connectivity index is 0.000000150. The fourth-order valence-corrected chi connectivity index (χ4v) is 8.20. The van der Waals surface area contributed by atoms with Gasteiger partial charge in [-0.1, -0.05) is 157 Å². The average Bonchev–Trinajstić information content (AvgIpc) is 3.81. The van der Waals surface area contributed by atoms with Crippen molar-refractivity contribution in [3.8, 4) is 0 Å². The summed E-state index contributed by atoms with van der Waals surface area (Å²) in [5, 5.41) is 4.31. The second kappa shape index (κ2) is 18.1. The minimum atomic E-state index is -0.877. The predicted molar refractivity (Wildman–Crippen MR) is 198 cm³/mol. The summed E-state index contributed by atoms with van der Waals surface area (Å²) in [7, 11) is -0.877. The van der Waals surface area contributed by atoms with Gasteiger partial charge in [-0.05, 0) is 36.4 Å². The molecule has 0 aliphatic heterocycles. The maximum atomic E-state index is 3.53. The molecule has 2 heteroatoms. The molecule has 47 heavy (non-hydrogen) atoms. The van der Waals surface area contributed by atoms with E-state index in [9.17, 15) is 0 Å². The Morgan fingerprint density at radius 3 is 1.11 bits per heavy atom. The van der Waals surface area contributed by atoms with Crippen LogP contribution < -0.4 is 15.9 Å². The summed E-state index contributed by atoms with van der Waals surface area (Å²) < 4.78 is 0. The Morgan fingerprint density at radius 1 is 0.468 bits per heavy atom. The molecule has 230 valence electrons. The first-order valence-corrected chi connectivity index (χ1v) is 17.4. The number of hydrogen-bond donors (Lipinski definition) is 0. The van der Waals surface area contributed by atoms with Gasteiger partial charge >= 0.3 is 19.5 Å². The number of allylic oxidation sites excluding steroid dienone is 4. The number of benzene rings is 6. The van der Waals surface area contributed by atoms with Crippen molar-refractivity contribution >= 4 is 29.4 Å². The molecular formula is C45H37PRh+. The third-order valence-corrected chi connectivity index (χ3v) is 10.6. The summed E-state index contributed by atoms with van der Waals surface area (Å²) in [6, 6.07) is 63.6. The van der Waals surface area contributed by atoms with Gasteiger partial charge in [0, 0.05) is 0 Å². The minimum absolute atomic E-state index is 0. The van der Waals surface area contributed by atoms with Gasteiger partial charge in [0.1, 0.15) is 15.9 Å². The van der Waals surface area contributed by atoms with Gasteiger partial charge in [0.05, 0.1) is 7.92 Å². The zero-order valence-corrected chi connectivity index (χ0v) is 28.8. The Kier molecular flexibility index (Phi) is 13.0. The van der Waals surface area contributed by atoms with Gasteiger partial charge in [-0.15, -0.1) is 29.3 Å². The number of rotatable bonds is 6. The summed E-state index contributed by atoms with van der Waals surface area (Å²) in [5.41, 5.74) is 4.58. The molecule has 0 unspecified atom stereocenters. The molecule has 0 aromatic heterocycles. The first kappa shape index (κ1) is 33.9. The quantitative estimate of drug-likeness (QED) is 0.0699. The molecule has 8 rings (SSSR count). The predicted octanol–water partition coefficient (Wildman–Crippen LogP) is 9.50. The molecule has 6 aromatic carbocycles. The van der Waals surface area contributed by atoms with E-state index in [1.807, 2.05) is 30.3 Å². The van der Waals surface area contributed by atoms with E-state index < -0.39 is 7.92 Å². The van der Waals surface area contributed by atoms with E-state index in [-0.39, 0.29) is 19.5 Å². The van der Waals surface area contributed by atoms with E-state index in [0.717, 1.165) is 11.1 Å². The van der Waals surface area contributed by atoms with Crippen molar-refractivity contribution in [1.29, 1.82) is 0 Å². The molecule has 2 aliphatic carbocycles. The van der Waals surface area contributed by atoms with Crippen LogP contribution >= 0.6 is 7.92 Å². The van der Waals surface area contributed by atoms with Crippen molar-refractivity contribution in [2.45, 2.75) is 6.42 Å². The molecule has 0 fully saturated rings. The van der Waals surface area contributed by atoms with Gasteiger partial charge in [-0.25, -0.2) is 0 Å². The molecule has 0 saturated carbocycles. The molecule has 0 amide bonds. The van der Waals surface area contributed by atoms with Crippen LogP contribution in [0.3, 0.4) is 0 Å². The molecule has 0 heterocycles. The Bertz CT molecular complexity index is 1670. The fourth-order valence-electron chi connectivity index (χ4n) is 5.62. The van der Waals surface area contributed by atoms with Crippen LogP contribution in [0.5, 0.6) is 0 Å². The first-order chi connectivity index (χ1) is 22.8. The molecule has 2 bridgehead atoms. The molecule has 0 N–H and O–H groups in total. The molecule has 6 aromatic rings. The molecule has 0 atom stereocenters. The Morgan fingerprint density at radius 2 is 0.809 bits per heavy atom. The van der Waals surface area contributed by atoms with Crippen LogP contribution in [-0.4, -0.2) is 0 Å². The summed E-state index contributed by atoms with van der Waals surface area (Å²) in [5.74, 6) is 1.26. The van der Waals surface area contributed by atoms with Crippen LogP contribution in [0, 0.1) is 30.1 Å². The van der Waals surface area contributed by atoms with Crippen LogP contribution in [0.2, 0.25) is 0 Å². The van der Waals surface area contributed by atoms with Gasteiger partial charge in [-0.3, -0.25) is 12.2 Å². The molecule has 0 radical (unpaired) electrons. The van der Waals surface area contributed by atoms with Gasteiger partial charge in [0.25, 0.3) is 0 Å². The molecule has 2 aliphatic rings. The van der Waals surface area contributed by atoms with E-state index >= 15 is 0 Å². The van der Waals surface area contributed by atoms with Crippen molar-refractivity contribution < 1.29 is 19.5 Å². The van der Waals surface area contributed by atoms with E-state index in [1.54, 1.807) is 0 Å². The topological polar surface area (TPSA) is 0 Å². The smallest absolute Gasteiger partial charge is 0.527 e. The summed E-state index contributed by atoms with van der Waals surface area (Å²) in [4.78, 5) is 0. The van der Waals surface area contributed by atoms with Gasteiger partial charge < -0.3 is 18.1 Å². The van der Waals surface area contributed by atoms with Gasteiger partial charge in [0.2, 0.25) is 0 Å². The molecule has 0 nitrogen and oxygen atoms in total. The molecule has 0 spiro atoms. The van der Waals surface area contributed by atoms with Crippen molar-refractivity contribution in [2.24, 2.45) is 11.8 Å². The monoisotopic (exact) mass is 711 g/mol. The third kappa shape index (κ3) is 9.79. The van der Waals surface area contributed by atoms with Crippen molar-refractivity contribution in [3.63, 3.8) is 0 Å². The van der Waals surface area contributed by atoms with Crippen molar-refractivity contribution in [1.82, 2.24) is 0 Å². The first-order valence-electron chi connectivity index (χ1n) is 15.9. The second-order valence-electron chi connectivity index (χ2n) is 11.2. The van der Waals surface area contributed by atoms with E-state index in [1.165, 1.54) is 33.5 Å². The van der Waals surface area contributed by atoms with E-state index in [2.05, 4.69) is 182 Å². The Labute approximate surface area is 294 Å². The summed E-state index contributed by atoms with van der Waals surface area (Å²) >= 11 is 0. The van der Waals surface area contributed by atoms with Crippen LogP contribution in [0.1, 0.15) is 23.1 Å². The SMILES string of the molecule is [C-](=C(c1ccccc1)c1ccccc1)c1ccccc1.[C-]1=CC2C=[C-]C1C2.[Rh+3].c1ccc([PH+](c2ccccc2)c2ccccc2)cc1.